The zero-order valence-electron chi connectivity index (χ0n) is 19.4. The maximum Gasteiger partial charge on any atom is 0.255 e. The van der Waals surface area contributed by atoms with Crippen molar-refractivity contribution >= 4 is 29.3 Å². The van der Waals surface area contributed by atoms with Crippen LogP contribution in [-0.4, -0.2) is 83.4 Å². The number of benzene rings is 2. The highest BCUT2D eigenvalue weighted by Crippen LogP contribution is 2.48. The summed E-state index contributed by atoms with van der Waals surface area (Å²) in [5.41, 5.74) is 0.912. The number of morpholine rings is 1. The molecule has 0 radical (unpaired) electrons. The summed E-state index contributed by atoms with van der Waals surface area (Å²) in [5, 5.41) is 0.389. The molecule has 0 N–H and O–H groups in total. The molecule has 0 aliphatic carbocycles. The monoisotopic (exact) mass is 481 g/mol. The van der Waals surface area contributed by atoms with Crippen molar-refractivity contribution in [2.75, 3.05) is 39.4 Å². The van der Waals surface area contributed by atoms with Crippen molar-refractivity contribution < 1.29 is 19.1 Å². The molecule has 1 spiro atoms. The maximum atomic E-state index is 14.0. The number of nitrogens with zero attached hydrogens (tertiary/aromatic N) is 3. The van der Waals surface area contributed by atoms with Gasteiger partial charge in [-0.1, -0.05) is 41.9 Å². The van der Waals surface area contributed by atoms with E-state index >= 15 is 0 Å². The van der Waals surface area contributed by atoms with Crippen molar-refractivity contribution in [3.63, 3.8) is 0 Å². The molecule has 2 aromatic rings. The number of ether oxygens (including phenoxy) is 1. The summed E-state index contributed by atoms with van der Waals surface area (Å²) < 4.78 is 5.46. The number of carbonyl (C=O) groups is 3. The predicted molar refractivity (Wildman–Crippen MR) is 128 cm³/mol. The van der Waals surface area contributed by atoms with Gasteiger partial charge in [0.2, 0.25) is 5.91 Å². The Balaban J connectivity index is 1.56. The zero-order valence-corrected chi connectivity index (χ0v) is 20.1. The summed E-state index contributed by atoms with van der Waals surface area (Å²) in [7, 11) is 0. The molecular weight excluding hydrogens is 454 g/mol. The third-order valence-corrected chi connectivity index (χ3v) is 7.47. The standard InChI is InChI=1S/C26H28ClN3O4/c1-17(2)30-24(32)19-8-4-3-7-18(19)22(25(33)28-11-13-34-14-12-28)26(30)15-29(16-26)23(31)20-9-5-6-10-21(20)27/h3-10,17,22H,11-16H2,1-2H3. The number of hydrogen-bond donors (Lipinski definition) is 0. The molecule has 1 unspecified atom stereocenters. The number of likely N-dealkylation sites (tertiary alicyclic amines) is 1. The lowest BCUT2D eigenvalue weighted by molar-refractivity contribution is -0.146. The molecule has 0 saturated carbocycles. The van der Waals surface area contributed by atoms with Crippen molar-refractivity contribution in [1.82, 2.24) is 14.7 Å². The van der Waals surface area contributed by atoms with Crippen LogP contribution in [0.2, 0.25) is 5.02 Å². The molecule has 3 heterocycles. The second kappa shape index (κ2) is 8.71. The molecule has 0 bridgehead atoms. The smallest absolute Gasteiger partial charge is 0.255 e. The van der Waals surface area contributed by atoms with E-state index in [9.17, 15) is 14.4 Å². The minimum atomic E-state index is -0.814. The van der Waals surface area contributed by atoms with Crippen LogP contribution < -0.4 is 0 Å². The third-order valence-electron chi connectivity index (χ3n) is 7.15. The Bertz CT molecular complexity index is 1140. The Morgan fingerprint density at radius 1 is 1.00 bits per heavy atom. The SMILES string of the molecule is CC(C)N1C(=O)c2ccccc2C(C(=O)N2CCOCC2)C12CN(C(=O)c1ccccc1Cl)C2. The molecule has 3 aliphatic rings. The van der Waals surface area contributed by atoms with Crippen molar-refractivity contribution in [2.24, 2.45) is 0 Å². The largest absolute Gasteiger partial charge is 0.378 e. The van der Waals surface area contributed by atoms with Gasteiger partial charge in [-0.25, -0.2) is 0 Å². The quantitative estimate of drug-likeness (QED) is 0.675. The predicted octanol–water partition coefficient (Wildman–Crippen LogP) is 3.04. The average Bonchev–Trinajstić information content (AvgIpc) is 2.82. The molecule has 8 heteroatoms. The fourth-order valence-corrected chi connectivity index (χ4v) is 5.90. The lowest BCUT2D eigenvalue weighted by Crippen LogP contribution is -2.78. The fraction of sp³-hybridized carbons (Fsp3) is 0.423. The van der Waals surface area contributed by atoms with Crippen molar-refractivity contribution in [3.05, 3.63) is 70.2 Å². The third kappa shape index (κ3) is 3.49. The first-order valence-electron chi connectivity index (χ1n) is 11.7. The molecule has 1 atom stereocenters. The highest BCUT2D eigenvalue weighted by atomic mass is 35.5. The summed E-state index contributed by atoms with van der Waals surface area (Å²) in [4.78, 5) is 46.3. The molecule has 178 valence electrons. The first kappa shape index (κ1) is 22.9. The molecule has 2 fully saturated rings. The van der Waals surface area contributed by atoms with E-state index in [-0.39, 0.29) is 36.9 Å². The molecule has 2 aromatic carbocycles. The van der Waals surface area contributed by atoms with Crippen LogP contribution in [0.5, 0.6) is 0 Å². The van der Waals surface area contributed by atoms with Gasteiger partial charge in [0.1, 0.15) is 0 Å². The number of halogens is 1. The van der Waals surface area contributed by atoms with E-state index in [2.05, 4.69) is 0 Å². The van der Waals surface area contributed by atoms with Gasteiger partial charge in [-0.3, -0.25) is 14.4 Å². The second-order valence-electron chi connectivity index (χ2n) is 9.47. The van der Waals surface area contributed by atoms with Gasteiger partial charge in [0.15, 0.2) is 0 Å². The fourth-order valence-electron chi connectivity index (χ4n) is 5.68. The lowest BCUT2D eigenvalue weighted by atomic mass is 9.67. The molecule has 0 aromatic heterocycles. The molecule has 3 amide bonds. The minimum absolute atomic E-state index is 0.0151. The van der Waals surface area contributed by atoms with Crippen LogP contribution in [0.15, 0.2) is 48.5 Å². The van der Waals surface area contributed by atoms with E-state index in [1.54, 1.807) is 35.2 Å². The van der Waals surface area contributed by atoms with Crippen LogP contribution in [-0.2, 0) is 9.53 Å². The number of fused-ring (bicyclic) bond motifs is 1. The molecule has 7 nitrogen and oxygen atoms in total. The van der Waals surface area contributed by atoms with E-state index < -0.39 is 11.5 Å². The maximum absolute atomic E-state index is 14.0. The summed E-state index contributed by atoms with van der Waals surface area (Å²) >= 11 is 6.29. The van der Waals surface area contributed by atoms with E-state index in [0.717, 1.165) is 5.56 Å². The topological polar surface area (TPSA) is 70.2 Å². The Morgan fingerprint density at radius 2 is 1.65 bits per heavy atom. The van der Waals surface area contributed by atoms with Gasteiger partial charge in [-0.05, 0) is 37.6 Å². The summed E-state index contributed by atoms with van der Waals surface area (Å²) in [6.45, 7) is 6.50. The molecular formula is C26H28ClN3O4. The van der Waals surface area contributed by atoms with Gasteiger partial charge < -0.3 is 19.4 Å². The van der Waals surface area contributed by atoms with Crippen LogP contribution >= 0.6 is 11.6 Å². The van der Waals surface area contributed by atoms with Crippen molar-refractivity contribution in [1.29, 1.82) is 0 Å². The number of hydrogen-bond acceptors (Lipinski definition) is 4. The van der Waals surface area contributed by atoms with Crippen LogP contribution in [0, 0.1) is 0 Å². The Hall–Kier alpha value is -2.90. The summed E-state index contributed by atoms with van der Waals surface area (Å²) in [6, 6.07) is 14.2. The van der Waals surface area contributed by atoms with Crippen molar-refractivity contribution in [2.45, 2.75) is 31.3 Å². The first-order valence-corrected chi connectivity index (χ1v) is 12.1. The molecule has 34 heavy (non-hydrogen) atoms. The van der Waals surface area contributed by atoms with E-state index in [4.69, 9.17) is 16.3 Å². The Kier molecular flexibility index (Phi) is 5.86. The van der Waals surface area contributed by atoms with Gasteiger partial charge in [0.05, 0.1) is 35.3 Å². The average molecular weight is 482 g/mol. The second-order valence-corrected chi connectivity index (χ2v) is 9.88. The Labute approximate surface area is 204 Å². The van der Waals surface area contributed by atoms with Gasteiger partial charge >= 0.3 is 0 Å². The number of amides is 3. The van der Waals surface area contributed by atoms with E-state index in [0.29, 0.717) is 42.5 Å². The first-order chi connectivity index (χ1) is 16.3. The van der Waals surface area contributed by atoms with Gasteiger partial charge in [-0.2, -0.15) is 0 Å². The lowest BCUT2D eigenvalue weighted by Gasteiger charge is -2.62. The number of rotatable bonds is 3. The van der Waals surface area contributed by atoms with Crippen molar-refractivity contribution in [3.8, 4) is 0 Å². The zero-order chi connectivity index (χ0) is 24.0. The van der Waals surface area contributed by atoms with Crippen LogP contribution in [0.25, 0.3) is 0 Å². The summed E-state index contributed by atoms with van der Waals surface area (Å²) in [5.74, 6) is -0.860. The van der Waals surface area contributed by atoms with Crippen LogP contribution in [0.4, 0.5) is 0 Å². The van der Waals surface area contributed by atoms with Crippen LogP contribution in [0.3, 0.4) is 0 Å². The molecule has 3 aliphatic heterocycles. The highest BCUT2D eigenvalue weighted by Gasteiger charge is 2.62. The normalized spacial score (nSPS) is 21.5. The van der Waals surface area contributed by atoms with Gasteiger partial charge in [0, 0.05) is 37.8 Å². The minimum Gasteiger partial charge on any atom is -0.378 e. The molecule has 5 rings (SSSR count). The van der Waals surface area contributed by atoms with Gasteiger partial charge in [0.25, 0.3) is 11.8 Å². The number of carbonyl (C=O) groups excluding carboxylic acids is 3. The summed E-state index contributed by atoms with van der Waals surface area (Å²) in [6.07, 6.45) is 0. The van der Waals surface area contributed by atoms with Crippen LogP contribution in [0.1, 0.15) is 46.0 Å². The Morgan fingerprint density at radius 3 is 2.32 bits per heavy atom. The van der Waals surface area contributed by atoms with E-state index in [1.807, 2.05) is 41.8 Å². The van der Waals surface area contributed by atoms with Gasteiger partial charge in [-0.15, -0.1) is 0 Å². The van der Waals surface area contributed by atoms with E-state index in [1.165, 1.54) is 0 Å². The molecule has 2 saturated heterocycles. The highest BCUT2D eigenvalue weighted by molar-refractivity contribution is 6.33.